The van der Waals surface area contributed by atoms with Crippen molar-refractivity contribution in [3.05, 3.63) is 89.0 Å². The highest BCUT2D eigenvalue weighted by Crippen LogP contribution is 2.20. The summed E-state index contributed by atoms with van der Waals surface area (Å²) >= 11 is 0. The molecule has 2 amide bonds. The number of nitrogens with one attached hydrogen (secondary N) is 2. The topological polar surface area (TPSA) is 67.4 Å². The lowest BCUT2D eigenvalue weighted by Crippen LogP contribution is -2.30. The van der Waals surface area contributed by atoms with Crippen LogP contribution in [0.1, 0.15) is 40.9 Å². The Hall–Kier alpha value is -3.60. The average Bonchev–Trinajstić information content (AvgIpc) is 2.77. The molecule has 0 unspecified atom stereocenters. The number of anilines is 2. The van der Waals surface area contributed by atoms with Crippen molar-refractivity contribution in [2.24, 2.45) is 0 Å². The molecule has 31 heavy (non-hydrogen) atoms. The maximum Gasteiger partial charge on any atom is 0.265 e. The molecule has 5 nitrogen and oxygen atoms in total. The molecule has 3 rings (SSSR count). The van der Waals surface area contributed by atoms with Crippen molar-refractivity contribution in [1.29, 1.82) is 0 Å². The van der Waals surface area contributed by atoms with Gasteiger partial charge in [0.25, 0.3) is 11.8 Å². The van der Waals surface area contributed by atoms with E-state index in [0.717, 1.165) is 34.5 Å². The molecule has 0 heterocycles. The molecule has 2 N–H and O–H groups in total. The zero-order valence-electron chi connectivity index (χ0n) is 18.4. The Morgan fingerprint density at radius 1 is 0.871 bits per heavy atom. The lowest BCUT2D eigenvalue weighted by molar-refractivity contribution is -0.122. The highest BCUT2D eigenvalue weighted by molar-refractivity contribution is 6.04. The van der Waals surface area contributed by atoms with Gasteiger partial charge in [-0.3, -0.25) is 9.59 Å². The van der Waals surface area contributed by atoms with Crippen molar-refractivity contribution in [1.82, 2.24) is 0 Å². The number of para-hydroxylation sites is 1. The van der Waals surface area contributed by atoms with E-state index in [4.69, 9.17) is 4.74 Å². The third-order valence-corrected chi connectivity index (χ3v) is 5.31. The number of carbonyl (C=O) groups excluding carboxylic acids is 2. The molecule has 0 aliphatic rings. The lowest BCUT2D eigenvalue weighted by atomic mass is 10.1. The van der Waals surface area contributed by atoms with Crippen LogP contribution in [0.3, 0.4) is 0 Å². The Morgan fingerprint density at radius 3 is 2.26 bits per heavy atom. The van der Waals surface area contributed by atoms with Gasteiger partial charge in [0, 0.05) is 16.9 Å². The monoisotopic (exact) mass is 416 g/mol. The molecule has 0 aliphatic carbocycles. The van der Waals surface area contributed by atoms with Crippen LogP contribution in [0, 0.1) is 13.8 Å². The molecule has 0 saturated carbocycles. The van der Waals surface area contributed by atoms with E-state index < -0.39 is 6.10 Å². The third-order valence-electron chi connectivity index (χ3n) is 5.31. The van der Waals surface area contributed by atoms with Crippen molar-refractivity contribution in [2.45, 2.75) is 40.2 Å². The fourth-order valence-electron chi connectivity index (χ4n) is 3.21. The van der Waals surface area contributed by atoms with Crippen LogP contribution >= 0.6 is 0 Å². The number of ether oxygens (including phenoxy) is 1. The van der Waals surface area contributed by atoms with Crippen LogP contribution in [-0.2, 0) is 11.2 Å². The summed E-state index contributed by atoms with van der Waals surface area (Å²) in [5.74, 6) is 0.106. The molecule has 0 aromatic heterocycles. The number of rotatable bonds is 7. The molecule has 3 aromatic rings. The van der Waals surface area contributed by atoms with E-state index in [1.54, 1.807) is 31.2 Å². The number of amides is 2. The summed E-state index contributed by atoms with van der Waals surface area (Å²) < 4.78 is 5.76. The minimum absolute atomic E-state index is 0.187. The summed E-state index contributed by atoms with van der Waals surface area (Å²) in [4.78, 5) is 25.1. The van der Waals surface area contributed by atoms with E-state index in [9.17, 15) is 9.59 Å². The van der Waals surface area contributed by atoms with Crippen molar-refractivity contribution in [3.8, 4) is 5.75 Å². The van der Waals surface area contributed by atoms with Gasteiger partial charge in [-0.05, 0) is 80.3 Å². The standard InChI is InChI=1S/C26H28N2O3/c1-5-20-10-6-7-11-24(20)28-26(30)21-13-15-22(16-14-21)31-19(4)25(29)27-23-12-8-9-17(2)18(23)3/h6-16,19H,5H2,1-4H3,(H,27,29)(H,28,30)/t19-/m1/s1. The van der Waals surface area contributed by atoms with Crippen LogP contribution < -0.4 is 15.4 Å². The van der Waals surface area contributed by atoms with Crippen LogP contribution in [0.5, 0.6) is 5.75 Å². The van der Waals surface area contributed by atoms with Gasteiger partial charge in [0.15, 0.2) is 6.10 Å². The van der Waals surface area contributed by atoms with Crippen molar-refractivity contribution in [2.75, 3.05) is 10.6 Å². The number of benzene rings is 3. The van der Waals surface area contributed by atoms with E-state index in [1.165, 1.54) is 0 Å². The zero-order chi connectivity index (χ0) is 22.4. The Kier molecular flexibility index (Phi) is 7.08. The number of hydrogen-bond donors (Lipinski definition) is 2. The van der Waals surface area contributed by atoms with Crippen LogP contribution in [0.15, 0.2) is 66.7 Å². The minimum atomic E-state index is -0.684. The van der Waals surface area contributed by atoms with Gasteiger partial charge in [-0.2, -0.15) is 0 Å². The predicted octanol–water partition coefficient (Wildman–Crippen LogP) is 5.52. The summed E-state index contributed by atoms with van der Waals surface area (Å²) in [6.45, 7) is 7.72. The van der Waals surface area contributed by atoms with Crippen LogP contribution in [0.4, 0.5) is 11.4 Å². The van der Waals surface area contributed by atoms with Gasteiger partial charge in [0.2, 0.25) is 0 Å². The Labute approximate surface area is 183 Å². The minimum Gasteiger partial charge on any atom is -0.481 e. The Morgan fingerprint density at radius 2 is 1.55 bits per heavy atom. The summed E-state index contributed by atoms with van der Waals surface area (Å²) in [6.07, 6.45) is 0.154. The second kappa shape index (κ2) is 9.94. The highest BCUT2D eigenvalue weighted by atomic mass is 16.5. The van der Waals surface area contributed by atoms with Gasteiger partial charge in [0.1, 0.15) is 5.75 Å². The molecule has 0 bridgehead atoms. The molecule has 1 atom stereocenters. The smallest absolute Gasteiger partial charge is 0.265 e. The first-order valence-electron chi connectivity index (χ1n) is 10.4. The predicted molar refractivity (Wildman–Crippen MR) is 125 cm³/mol. The van der Waals surface area contributed by atoms with E-state index in [1.807, 2.05) is 56.3 Å². The molecule has 160 valence electrons. The molecule has 0 radical (unpaired) electrons. The first-order valence-corrected chi connectivity index (χ1v) is 10.4. The van der Waals surface area contributed by atoms with E-state index >= 15 is 0 Å². The maximum absolute atomic E-state index is 12.6. The highest BCUT2D eigenvalue weighted by Gasteiger charge is 2.16. The quantitative estimate of drug-likeness (QED) is 0.533. The first kappa shape index (κ1) is 22.1. The van der Waals surface area contributed by atoms with E-state index in [-0.39, 0.29) is 11.8 Å². The van der Waals surface area contributed by atoms with Crippen LogP contribution in [0.2, 0.25) is 0 Å². The van der Waals surface area contributed by atoms with Crippen molar-refractivity contribution < 1.29 is 14.3 Å². The Bertz CT molecular complexity index is 1070. The normalized spacial score (nSPS) is 11.5. The summed E-state index contributed by atoms with van der Waals surface area (Å²) in [7, 11) is 0. The molecular formula is C26H28N2O3. The van der Waals surface area contributed by atoms with Crippen LogP contribution in [-0.4, -0.2) is 17.9 Å². The zero-order valence-corrected chi connectivity index (χ0v) is 18.4. The maximum atomic E-state index is 12.6. The number of aryl methyl sites for hydroxylation is 2. The first-order chi connectivity index (χ1) is 14.9. The van der Waals surface area contributed by atoms with Gasteiger partial charge >= 0.3 is 0 Å². The average molecular weight is 417 g/mol. The summed E-state index contributed by atoms with van der Waals surface area (Å²) in [5, 5.41) is 5.86. The third kappa shape index (κ3) is 5.51. The molecule has 3 aromatic carbocycles. The number of carbonyl (C=O) groups is 2. The van der Waals surface area contributed by atoms with Gasteiger partial charge in [-0.1, -0.05) is 37.3 Å². The molecular weight excluding hydrogens is 388 g/mol. The summed E-state index contributed by atoms with van der Waals surface area (Å²) in [6, 6.07) is 20.3. The van der Waals surface area contributed by atoms with E-state index in [0.29, 0.717) is 11.3 Å². The SMILES string of the molecule is CCc1ccccc1NC(=O)c1ccc(O[C@H](C)C(=O)Nc2cccc(C)c2C)cc1. The Balaban J connectivity index is 1.61. The molecule has 5 heteroatoms. The fraction of sp³-hybridized carbons (Fsp3) is 0.231. The van der Waals surface area contributed by atoms with Crippen molar-refractivity contribution in [3.63, 3.8) is 0 Å². The van der Waals surface area contributed by atoms with Crippen LogP contribution in [0.25, 0.3) is 0 Å². The van der Waals surface area contributed by atoms with E-state index in [2.05, 4.69) is 17.6 Å². The fourth-order valence-corrected chi connectivity index (χ4v) is 3.21. The molecule has 0 saturated heterocycles. The largest absolute Gasteiger partial charge is 0.481 e. The number of hydrogen-bond acceptors (Lipinski definition) is 3. The molecule has 0 aliphatic heterocycles. The second-order valence-electron chi connectivity index (χ2n) is 7.49. The van der Waals surface area contributed by atoms with Gasteiger partial charge in [0.05, 0.1) is 0 Å². The molecule has 0 spiro atoms. The lowest BCUT2D eigenvalue weighted by Gasteiger charge is -2.16. The van der Waals surface area contributed by atoms with Crippen molar-refractivity contribution >= 4 is 23.2 Å². The summed E-state index contributed by atoms with van der Waals surface area (Å²) in [5.41, 5.74) is 5.34. The van der Waals surface area contributed by atoms with Gasteiger partial charge < -0.3 is 15.4 Å². The second-order valence-corrected chi connectivity index (χ2v) is 7.49. The molecule has 0 fully saturated rings. The van der Waals surface area contributed by atoms with Gasteiger partial charge in [-0.15, -0.1) is 0 Å². The van der Waals surface area contributed by atoms with Gasteiger partial charge in [-0.25, -0.2) is 0 Å².